The van der Waals surface area contributed by atoms with Gasteiger partial charge in [0, 0.05) is 31.0 Å². The van der Waals surface area contributed by atoms with Crippen molar-refractivity contribution >= 4 is 24.6 Å². The van der Waals surface area contributed by atoms with Crippen LogP contribution in [0.5, 0.6) is 11.5 Å². The molecule has 150 valence electrons. The third kappa shape index (κ3) is 7.85. The quantitative estimate of drug-likeness (QED) is 0.325. The number of hydrogen-bond donors (Lipinski definition) is 3. The maximum Gasteiger partial charge on any atom is 0.244 e. The van der Waals surface area contributed by atoms with E-state index in [1.165, 1.54) is 12.8 Å². The highest BCUT2D eigenvalue weighted by atomic mass is 32.1. The minimum atomic E-state index is -0.0379. The summed E-state index contributed by atoms with van der Waals surface area (Å²) in [5.41, 5.74) is 0.903. The van der Waals surface area contributed by atoms with Gasteiger partial charge in [-0.3, -0.25) is 4.79 Å². The molecule has 6 heteroatoms. The van der Waals surface area contributed by atoms with Crippen LogP contribution in [-0.2, 0) is 4.79 Å². The highest BCUT2D eigenvalue weighted by Gasteiger charge is 2.18. The van der Waals surface area contributed by atoms with E-state index in [1.54, 1.807) is 19.3 Å². The summed E-state index contributed by atoms with van der Waals surface area (Å²) >= 11 is 4.15. The van der Waals surface area contributed by atoms with Crippen LogP contribution in [0.2, 0.25) is 0 Å². The van der Waals surface area contributed by atoms with Crippen LogP contribution in [0.25, 0.3) is 6.08 Å². The van der Waals surface area contributed by atoms with Gasteiger partial charge in [0.25, 0.3) is 0 Å². The predicted octanol–water partition coefficient (Wildman–Crippen LogP) is 3.30. The number of rotatable bonds is 10. The molecule has 2 N–H and O–H groups in total. The smallest absolute Gasteiger partial charge is 0.244 e. The molecule has 1 aromatic rings. The van der Waals surface area contributed by atoms with Gasteiger partial charge in [-0.1, -0.05) is 13.0 Å². The lowest BCUT2D eigenvalue weighted by molar-refractivity contribution is -0.117. The Morgan fingerprint density at radius 2 is 2.00 bits per heavy atom. The van der Waals surface area contributed by atoms with Crippen molar-refractivity contribution in [3.63, 3.8) is 0 Å². The molecule has 0 radical (unpaired) electrons. The van der Waals surface area contributed by atoms with E-state index in [0.29, 0.717) is 24.1 Å². The first kappa shape index (κ1) is 21.6. The fraction of sp³-hybridized carbons (Fsp3) is 0.571. The minimum Gasteiger partial charge on any atom is -0.493 e. The molecular weight excluding hydrogens is 360 g/mol. The molecule has 1 aromatic carbocycles. The van der Waals surface area contributed by atoms with Gasteiger partial charge < -0.3 is 20.1 Å². The summed E-state index contributed by atoms with van der Waals surface area (Å²) in [4.78, 5) is 12.1. The van der Waals surface area contributed by atoms with E-state index in [2.05, 4.69) is 30.2 Å². The van der Waals surface area contributed by atoms with Crippen LogP contribution in [0, 0.1) is 5.92 Å². The van der Waals surface area contributed by atoms with Gasteiger partial charge in [0.15, 0.2) is 11.5 Å². The molecule has 0 aromatic heterocycles. The summed E-state index contributed by atoms with van der Waals surface area (Å²) in [7, 11) is 1.62. The molecule has 1 aliphatic rings. The summed E-state index contributed by atoms with van der Waals surface area (Å²) in [6, 6.07) is 5.98. The van der Waals surface area contributed by atoms with Gasteiger partial charge in [-0.2, -0.15) is 12.6 Å². The topological polar surface area (TPSA) is 59.6 Å². The van der Waals surface area contributed by atoms with Crippen LogP contribution in [0.4, 0.5) is 0 Å². The number of thiol groups is 1. The molecule has 1 saturated carbocycles. The number of benzene rings is 1. The van der Waals surface area contributed by atoms with Gasteiger partial charge >= 0.3 is 0 Å². The maximum absolute atomic E-state index is 12.1. The molecule has 0 bridgehead atoms. The molecule has 2 rings (SSSR count). The Kier molecular flexibility index (Phi) is 9.56. The van der Waals surface area contributed by atoms with Crippen molar-refractivity contribution in [2.45, 2.75) is 38.6 Å². The average Bonchev–Trinajstić information content (AvgIpc) is 2.68. The Morgan fingerprint density at radius 3 is 2.70 bits per heavy atom. The standard InChI is InChI=1S/C21H32N2O3S/c1-16-3-7-18(8-4-16)23-21(24)10-6-17-5-9-19(20(15-17)25-2)26-13-11-22-12-14-27/h5-6,9-10,15-16,18,22,27H,3-4,7-8,11-14H2,1-2H3,(H,23,24)/b10-6+/t16-,18-. The van der Waals surface area contributed by atoms with Crippen molar-refractivity contribution in [2.24, 2.45) is 5.92 Å². The zero-order valence-electron chi connectivity index (χ0n) is 16.4. The van der Waals surface area contributed by atoms with E-state index < -0.39 is 0 Å². The van der Waals surface area contributed by atoms with Crippen molar-refractivity contribution in [2.75, 3.05) is 32.6 Å². The van der Waals surface area contributed by atoms with Crippen molar-refractivity contribution in [1.82, 2.24) is 10.6 Å². The Balaban J connectivity index is 1.84. The molecular formula is C21H32N2O3S. The molecule has 0 heterocycles. The van der Waals surface area contributed by atoms with E-state index in [-0.39, 0.29) is 5.91 Å². The Bertz CT molecular complexity index is 613. The van der Waals surface area contributed by atoms with Gasteiger partial charge in [0.05, 0.1) is 7.11 Å². The van der Waals surface area contributed by atoms with Crippen molar-refractivity contribution in [3.05, 3.63) is 29.8 Å². The summed E-state index contributed by atoms with van der Waals surface area (Å²) in [5, 5.41) is 6.33. The van der Waals surface area contributed by atoms with Crippen LogP contribution in [-0.4, -0.2) is 44.5 Å². The second kappa shape index (κ2) is 11.9. The Labute approximate surface area is 168 Å². The van der Waals surface area contributed by atoms with Gasteiger partial charge in [-0.05, 0) is 55.4 Å². The summed E-state index contributed by atoms with van der Waals surface area (Å²) < 4.78 is 11.2. The third-order valence-corrected chi connectivity index (χ3v) is 5.03. The van der Waals surface area contributed by atoms with Crippen molar-refractivity contribution in [1.29, 1.82) is 0 Å². The highest BCUT2D eigenvalue weighted by Crippen LogP contribution is 2.28. The second-order valence-electron chi connectivity index (χ2n) is 7.03. The van der Waals surface area contributed by atoms with Gasteiger partial charge in [0.2, 0.25) is 5.91 Å². The molecule has 0 spiro atoms. The Hall–Kier alpha value is -1.66. The largest absolute Gasteiger partial charge is 0.493 e. The fourth-order valence-corrected chi connectivity index (χ4v) is 3.33. The SMILES string of the molecule is COc1cc(/C=C/C(=O)N[C@H]2CC[C@H](C)CC2)ccc1OCCNCCS. The summed E-state index contributed by atoms with van der Waals surface area (Å²) in [5.74, 6) is 2.90. The van der Waals surface area contributed by atoms with Gasteiger partial charge in [0.1, 0.15) is 6.61 Å². The van der Waals surface area contributed by atoms with E-state index in [0.717, 1.165) is 43.2 Å². The summed E-state index contributed by atoms with van der Waals surface area (Å²) in [6.07, 6.45) is 7.93. The number of methoxy groups -OCH3 is 1. The van der Waals surface area contributed by atoms with Gasteiger partial charge in [-0.15, -0.1) is 0 Å². The van der Waals surface area contributed by atoms with E-state index in [4.69, 9.17) is 9.47 Å². The highest BCUT2D eigenvalue weighted by molar-refractivity contribution is 7.80. The number of hydrogen-bond acceptors (Lipinski definition) is 5. The van der Waals surface area contributed by atoms with Gasteiger partial charge in [-0.25, -0.2) is 0 Å². The minimum absolute atomic E-state index is 0.0379. The van der Waals surface area contributed by atoms with Crippen molar-refractivity contribution in [3.8, 4) is 11.5 Å². The molecule has 27 heavy (non-hydrogen) atoms. The van der Waals surface area contributed by atoms with E-state index in [1.807, 2.05) is 18.2 Å². The zero-order chi connectivity index (χ0) is 19.5. The number of carbonyl (C=O) groups is 1. The monoisotopic (exact) mass is 392 g/mol. The molecule has 0 atom stereocenters. The predicted molar refractivity (Wildman–Crippen MR) is 114 cm³/mol. The summed E-state index contributed by atoms with van der Waals surface area (Å²) in [6.45, 7) is 4.44. The lowest BCUT2D eigenvalue weighted by Gasteiger charge is -2.26. The molecule has 0 saturated heterocycles. The lowest BCUT2D eigenvalue weighted by Crippen LogP contribution is -2.36. The number of amides is 1. The van der Waals surface area contributed by atoms with Crippen LogP contribution in [0.3, 0.4) is 0 Å². The molecule has 1 aliphatic carbocycles. The molecule has 0 unspecified atom stereocenters. The van der Waals surface area contributed by atoms with E-state index >= 15 is 0 Å². The molecule has 1 fully saturated rings. The Morgan fingerprint density at radius 1 is 1.22 bits per heavy atom. The number of carbonyl (C=O) groups excluding carboxylic acids is 1. The van der Waals surface area contributed by atoms with Crippen LogP contribution < -0.4 is 20.1 Å². The first-order chi connectivity index (χ1) is 13.1. The molecule has 0 aliphatic heterocycles. The van der Waals surface area contributed by atoms with Crippen molar-refractivity contribution < 1.29 is 14.3 Å². The first-order valence-electron chi connectivity index (χ1n) is 9.73. The van der Waals surface area contributed by atoms with Crippen LogP contribution in [0.15, 0.2) is 24.3 Å². The second-order valence-corrected chi connectivity index (χ2v) is 7.48. The normalized spacial score (nSPS) is 19.8. The van der Waals surface area contributed by atoms with Crippen LogP contribution in [0.1, 0.15) is 38.2 Å². The zero-order valence-corrected chi connectivity index (χ0v) is 17.3. The van der Waals surface area contributed by atoms with E-state index in [9.17, 15) is 4.79 Å². The third-order valence-electron chi connectivity index (χ3n) is 4.80. The molecule has 5 nitrogen and oxygen atoms in total. The fourth-order valence-electron chi connectivity index (χ4n) is 3.17. The first-order valence-corrected chi connectivity index (χ1v) is 10.4. The molecule has 1 amide bonds. The number of ether oxygens (including phenoxy) is 2. The number of nitrogens with one attached hydrogen (secondary N) is 2. The maximum atomic E-state index is 12.1. The average molecular weight is 393 g/mol. The lowest BCUT2D eigenvalue weighted by atomic mass is 9.87. The van der Waals surface area contributed by atoms with Crippen LogP contribution >= 0.6 is 12.6 Å².